The van der Waals surface area contributed by atoms with Crippen molar-refractivity contribution in [3.63, 3.8) is 0 Å². The third-order valence-electron chi connectivity index (χ3n) is 2.27. The molecule has 1 aliphatic rings. The van der Waals surface area contributed by atoms with E-state index in [0.29, 0.717) is 12.8 Å². The number of hydrogen-bond acceptors (Lipinski definition) is 4. The molecule has 0 aliphatic carbocycles. The lowest BCUT2D eigenvalue weighted by molar-refractivity contribution is -0.149. The maximum atomic E-state index is 11.3. The van der Waals surface area contributed by atoms with Crippen molar-refractivity contribution >= 4 is 5.97 Å². The summed E-state index contributed by atoms with van der Waals surface area (Å²) in [5.74, 6) is -0.404. The lowest BCUT2D eigenvalue weighted by Gasteiger charge is -2.13. The minimum atomic E-state index is -0.838. The number of ether oxygens (including phenoxy) is 1. The molecule has 4 heteroatoms. The first kappa shape index (κ1) is 12.9. The van der Waals surface area contributed by atoms with E-state index in [1.54, 1.807) is 25.2 Å². The number of esters is 1. The molecular weight excluding hydrogens is 208 g/mol. The zero-order valence-electron chi connectivity index (χ0n) is 9.37. The summed E-state index contributed by atoms with van der Waals surface area (Å²) in [5.41, 5.74) is 0. The molecule has 1 heterocycles. The Morgan fingerprint density at radius 1 is 1.19 bits per heavy atom. The van der Waals surface area contributed by atoms with Crippen molar-refractivity contribution in [1.82, 2.24) is 0 Å². The van der Waals surface area contributed by atoms with Gasteiger partial charge in [-0.05, 0) is 13.3 Å². The second-order valence-corrected chi connectivity index (χ2v) is 3.97. The molecule has 0 aromatic rings. The van der Waals surface area contributed by atoms with E-state index in [0.717, 1.165) is 0 Å². The third kappa shape index (κ3) is 5.09. The molecule has 0 unspecified atom stereocenters. The van der Waals surface area contributed by atoms with E-state index in [1.165, 1.54) is 6.08 Å². The summed E-state index contributed by atoms with van der Waals surface area (Å²) >= 11 is 0. The Morgan fingerprint density at radius 2 is 1.81 bits per heavy atom. The number of aliphatic hydroxyl groups excluding tert-OH is 2. The van der Waals surface area contributed by atoms with Crippen molar-refractivity contribution in [2.45, 2.75) is 44.5 Å². The lowest BCUT2D eigenvalue weighted by atomic mass is 10.1. The van der Waals surface area contributed by atoms with Gasteiger partial charge in [0.15, 0.2) is 0 Å². The minimum absolute atomic E-state index is 0.0410. The van der Waals surface area contributed by atoms with Gasteiger partial charge in [0.1, 0.15) is 6.10 Å². The maximum absolute atomic E-state index is 11.3. The molecule has 0 spiro atoms. The molecule has 0 aromatic heterocycles. The molecule has 0 fully saturated rings. The average Bonchev–Trinajstić information content (AvgIpc) is 2.15. The Kier molecular flexibility index (Phi) is 5.22. The van der Waals surface area contributed by atoms with Crippen LogP contribution in [0.3, 0.4) is 0 Å². The van der Waals surface area contributed by atoms with E-state index < -0.39 is 18.2 Å². The maximum Gasteiger partial charge on any atom is 0.309 e. The molecule has 2 N–H and O–H groups in total. The Labute approximate surface area is 95.2 Å². The molecule has 1 rings (SSSR count). The fraction of sp³-hybridized carbons (Fsp3) is 0.583. The predicted molar refractivity (Wildman–Crippen MR) is 59.7 cm³/mol. The van der Waals surface area contributed by atoms with Crippen LogP contribution in [-0.4, -0.2) is 34.5 Å². The first-order valence-electron chi connectivity index (χ1n) is 5.47. The largest absolute Gasteiger partial charge is 0.462 e. The minimum Gasteiger partial charge on any atom is -0.462 e. The van der Waals surface area contributed by atoms with Gasteiger partial charge in [-0.1, -0.05) is 24.3 Å². The highest BCUT2D eigenvalue weighted by Gasteiger charge is 2.13. The highest BCUT2D eigenvalue weighted by atomic mass is 16.5. The van der Waals surface area contributed by atoms with Gasteiger partial charge in [-0.15, -0.1) is 0 Å². The molecular formula is C12H18O4. The first-order valence-corrected chi connectivity index (χ1v) is 5.47. The Bertz CT molecular complexity index is 283. The van der Waals surface area contributed by atoms with Gasteiger partial charge in [0, 0.05) is 6.42 Å². The number of carbonyl (C=O) groups is 1. The summed E-state index contributed by atoms with van der Waals surface area (Å²) in [6, 6.07) is 0. The first-order chi connectivity index (χ1) is 7.58. The van der Waals surface area contributed by atoms with Gasteiger partial charge in [-0.2, -0.15) is 0 Å². The quantitative estimate of drug-likeness (QED) is 0.476. The van der Waals surface area contributed by atoms with Crippen LogP contribution < -0.4 is 0 Å². The van der Waals surface area contributed by atoms with Gasteiger partial charge in [0.2, 0.25) is 0 Å². The van der Waals surface area contributed by atoms with E-state index >= 15 is 0 Å². The summed E-state index contributed by atoms with van der Waals surface area (Å²) in [6.45, 7) is 1.78. The zero-order valence-corrected chi connectivity index (χ0v) is 9.37. The van der Waals surface area contributed by atoms with Crippen LogP contribution in [0.5, 0.6) is 0 Å². The Morgan fingerprint density at radius 3 is 2.56 bits per heavy atom. The molecule has 16 heavy (non-hydrogen) atoms. The summed E-state index contributed by atoms with van der Waals surface area (Å²) in [5, 5.41) is 18.9. The van der Waals surface area contributed by atoms with E-state index in [4.69, 9.17) is 4.74 Å². The van der Waals surface area contributed by atoms with Gasteiger partial charge in [0.05, 0.1) is 18.6 Å². The lowest BCUT2D eigenvalue weighted by Crippen LogP contribution is -2.19. The summed E-state index contributed by atoms with van der Waals surface area (Å²) in [7, 11) is 0. The summed E-state index contributed by atoms with van der Waals surface area (Å²) in [4.78, 5) is 11.3. The summed E-state index contributed by atoms with van der Waals surface area (Å²) in [6.07, 6.45) is 5.99. The van der Waals surface area contributed by atoms with Crippen LogP contribution >= 0.6 is 0 Å². The smallest absolute Gasteiger partial charge is 0.309 e. The normalized spacial score (nSPS) is 32.7. The second kappa shape index (κ2) is 6.45. The molecule has 0 saturated carbocycles. The molecule has 0 amide bonds. The van der Waals surface area contributed by atoms with E-state index in [1.807, 2.05) is 0 Å². The monoisotopic (exact) mass is 226 g/mol. The van der Waals surface area contributed by atoms with Crippen LogP contribution in [0.25, 0.3) is 0 Å². The van der Waals surface area contributed by atoms with Crippen LogP contribution in [0.15, 0.2) is 24.3 Å². The molecule has 1 aliphatic heterocycles. The number of carbonyl (C=O) groups excluding carboxylic acids is 1. The van der Waals surface area contributed by atoms with Crippen LogP contribution in [0.4, 0.5) is 0 Å². The second-order valence-electron chi connectivity index (χ2n) is 3.97. The average molecular weight is 226 g/mol. The SMILES string of the molecule is C[C@@H]1CC=C[C@@H](O)CC=C[C@@H](O)CC(=O)O1. The number of hydrogen-bond donors (Lipinski definition) is 2. The number of rotatable bonds is 0. The topological polar surface area (TPSA) is 66.8 Å². The highest BCUT2D eigenvalue weighted by Crippen LogP contribution is 2.07. The van der Waals surface area contributed by atoms with E-state index in [9.17, 15) is 15.0 Å². The summed E-state index contributed by atoms with van der Waals surface area (Å²) < 4.78 is 5.06. The predicted octanol–water partition coefficient (Wildman–Crippen LogP) is 0.936. The molecule has 0 aromatic carbocycles. The van der Waals surface area contributed by atoms with Crippen LogP contribution in [0, 0.1) is 0 Å². The third-order valence-corrected chi connectivity index (χ3v) is 2.27. The molecule has 0 bridgehead atoms. The number of cyclic esters (lactones) is 1. The van der Waals surface area contributed by atoms with Gasteiger partial charge < -0.3 is 14.9 Å². The van der Waals surface area contributed by atoms with Crippen molar-refractivity contribution in [3.05, 3.63) is 24.3 Å². The van der Waals surface area contributed by atoms with Gasteiger partial charge >= 0.3 is 5.97 Å². The van der Waals surface area contributed by atoms with Crippen molar-refractivity contribution in [2.24, 2.45) is 0 Å². The standard InChI is InChI=1S/C12H18O4/c1-9-4-2-5-10(13)6-3-7-11(14)8-12(15)16-9/h2-3,5,7,9-11,13-14H,4,6,8H2,1H3/t9-,10-,11-/m1/s1. The molecule has 3 atom stereocenters. The Hall–Kier alpha value is -1.13. The zero-order chi connectivity index (χ0) is 12.0. The van der Waals surface area contributed by atoms with Gasteiger partial charge in [0.25, 0.3) is 0 Å². The van der Waals surface area contributed by atoms with Crippen LogP contribution in [-0.2, 0) is 9.53 Å². The van der Waals surface area contributed by atoms with Crippen molar-refractivity contribution < 1.29 is 19.7 Å². The van der Waals surface area contributed by atoms with Crippen LogP contribution in [0.1, 0.15) is 26.2 Å². The fourth-order valence-electron chi connectivity index (χ4n) is 1.44. The van der Waals surface area contributed by atoms with Crippen molar-refractivity contribution in [1.29, 1.82) is 0 Å². The molecule has 0 saturated heterocycles. The van der Waals surface area contributed by atoms with E-state index in [2.05, 4.69) is 0 Å². The highest BCUT2D eigenvalue weighted by molar-refractivity contribution is 5.70. The molecule has 90 valence electrons. The van der Waals surface area contributed by atoms with Crippen molar-refractivity contribution in [3.8, 4) is 0 Å². The Balaban J connectivity index is 2.63. The fourth-order valence-corrected chi connectivity index (χ4v) is 1.44. The molecule has 0 radical (unpaired) electrons. The van der Waals surface area contributed by atoms with Crippen LogP contribution in [0.2, 0.25) is 0 Å². The van der Waals surface area contributed by atoms with Gasteiger partial charge in [-0.25, -0.2) is 0 Å². The number of aliphatic hydroxyl groups is 2. The van der Waals surface area contributed by atoms with Gasteiger partial charge in [-0.3, -0.25) is 4.79 Å². The van der Waals surface area contributed by atoms with E-state index in [-0.39, 0.29) is 12.5 Å². The van der Waals surface area contributed by atoms with Crippen molar-refractivity contribution in [2.75, 3.05) is 0 Å². The molecule has 4 nitrogen and oxygen atoms in total.